The first-order valence-corrected chi connectivity index (χ1v) is 6.29. The van der Waals surface area contributed by atoms with Crippen molar-refractivity contribution in [2.45, 2.75) is 32.3 Å². The number of hydrogen-bond donors (Lipinski definition) is 1. The van der Waals surface area contributed by atoms with E-state index in [4.69, 9.17) is 16.1 Å². The molecule has 0 bridgehead atoms. The van der Waals surface area contributed by atoms with Gasteiger partial charge in [-0.2, -0.15) is 4.98 Å². The molecule has 1 heterocycles. The first-order valence-electron chi connectivity index (χ1n) is 5.91. The van der Waals surface area contributed by atoms with E-state index >= 15 is 0 Å². The van der Waals surface area contributed by atoms with E-state index in [1.54, 1.807) is 0 Å². The van der Waals surface area contributed by atoms with Crippen LogP contribution in [0.3, 0.4) is 0 Å². The predicted octanol–water partition coefficient (Wildman–Crippen LogP) is 2.63. The zero-order chi connectivity index (χ0) is 13.0. The number of rotatable bonds is 5. The summed E-state index contributed by atoms with van der Waals surface area (Å²) >= 11 is 5.91. The minimum absolute atomic E-state index is 0.402. The Bertz CT molecular complexity index is 513. The van der Waals surface area contributed by atoms with Crippen molar-refractivity contribution >= 4 is 11.6 Å². The summed E-state index contributed by atoms with van der Waals surface area (Å²) in [5.74, 6) is 1.08. The quantitative estimate of drug-likeness (QED) is 0.904. The molecular formula is C13H15ClN2O2. The number of aliphatic hydroxyl groups excluding tert-OH is 1. The molecule has 0 aliphatic heterocycles. The average Bonchev–Trinajstić information content (AvgIpc) is 2.76. The van der Waals surface area contributed by atoms with Gasteiger partial charge in [-0.3, -0.25) is 0 Å². The third-order valence-electron chi connectivity index (χ3n) is 2.64. The molecule has 1 aromatic carbocycles. The number of halogens is 1. The zero-order valence-corrected chi connectivity index (χ0v) is 10.9. The van der Waals surface area contributed by atoms with Crippen LogP contribution in [0.1, 0.15) is 30.6 Å². The highest BCUT2D eigenvalue weighted by Crippen LogP contribution is 2.14. The Morgan fingerprint density at radius 3 is 3.00 bits per heavy atom. The molecular weight excluding hydrogens is 252 g/mol. The lowest BCUT2D eigenvalue weighted by Gasteiger charge is -2.01. The maximum atomic E-state index is 9.50. The molecule has 0 aliphatic rings. The highest BCUT2D eigenvalue weighted by Gasteiger charge is 2.11. The largest absolute Gasteiger partial charge is 0.393 e. The van der Waals surface area contributed by atoms with Gasteiger partial charge in [-0.15, -0.1) is 0 Å². The second kappa shape index (κ2) is 5.98. The molecule has 0 saturated heterocycles. The summed E-state index contributed by atoms with van der Waals surface area (Å²) in [7, 11) is 0. The second-order valence-electron chi connectivity index (χ2n) is 4.18. The van der Waals surface area contributed by atoms with Gasteiger partial charge in [0.25, 0.3) is 0 Å². The SMILES string of the molecule is CCC(O)Cc1nc(Cc2cccc(Cl)c2)no1. The topological polar surface area (TPSA) is 59.2 Å². The van der Waals surface area contributed by atoms with E-state index in [1.165, 1.54) is 0 Å². The van der Waals surface area contributed by atoms with Crippen molar-refractivity contribution in [2.75, 3.05) is 0 Å². The zero-order valence-electron chi connectivity index (χ0n) is 10.1. The summed E-state index contributed by atoms with van der Waals surface area (Å²) in [4.78, 5) is 4.24. The Hall–Kier alpha value is -1.39. The molecule has 18 heavy (non-hydrogen) atoms. The number of aliphatic hydroxyl groups is 1. The van der Waals surface area contributed by atoms with Crippen molar-refractivity contribution in [1.29, 1.82) is 0 Å². The summed E-state index contributed by atoms with van der Waals surface area (Å²) < 4.78 is 5.09. The lowest BCUT2D eigenvalue weighted by molar-refractivity contribution is 0.158. The molecule has 1 N–H and O–H groups in total. The summed E-state index contributed by atoms with van der Waals surface area (Å²) in [5, 5.41) is 14.1. The van der Waals surface area contributed by atoms with Crippen molar-refractivity contribution < 1.29 is 9.63 Å². The van der Waals surface area contributed by atoms with E-state index in [2.05, 4.69) is 10.1 Å². The predicted molar refractivity (Wildman–Crippen MR) is 68.6 cm³/mol. The number of nitrogens with zero attached hydrogens (tertiary/aromatic N) is 2. The fourth-order valence-corrected chi connectivity index (χ4v) is 1.83. The third-order valence-corrected chi connectivity index (χ3v) is 2.88. The number of aromatic nitrogens is 2. The molecule has 0 saturated carbocycles. The van der Waals surface area contributed by atoms with Gasteiger partial charge in [-0.25, -0.2) is 0 Å². The molecule has 96 valence electrons. The minimum Gasteiger partial charge on any atom is -0.393 e. The van der Waals surface area contributed by atoms with Crippen LogP contribution in [0.25, 0.3) is 0 Å². The molecule has 0 fully saturated rings. The molecule has 4 nitrogen and oxygen atoms in total. The Morgan fingerprint density at radius 2 is 2.28 bits per heavy atom. The fourth-order valence-electron chi connectivity index (χ4n) is 1.62. The maximum Gasteiger partial charge on any atom is 0.229 e. The molecule has 2 rings (SSSR count). The van der Waals surface area contributed by atoms with Crippen molar-refractivity contribution in [2.24, 2.45) is 0 Å². The third kappa shape index (κ3) is 3.55. The van der Waals surface area contributed by atoms with Crippen LogP contribution in [0.5, 0.6) is 0 Å². The highest BCUT2D eigenvalue weighted by molar-refractivity contribution is 6.30. The summed E-state index contributed by atoms with van der Waals surface area (Å²) in [5.41, 5.74) is 1.03. The molecule has 0 amide bonds. The van der Waals surface area contributed by atoms with Gasteiger partial charge in [-0.05, 0) is 24.1 Å². The van der Waals surface area contributed by atoms with Gasteiger partial charge < -0.3 is 9.63 Å². The van der Waals surface area contributed by atoms with Crippen LogP contribution < -0.4 is 0 Å². The van der Waals surface area contributed by atoms with E-state index in [9.17, 15) is 5.11 Å². The van der Waals surface area contributed by atoms with Crippen molar-refractivity contribution in [3.05, 3.63) is 46.6 Å². The molecule has 0 aliphatic carbocycles. The van der Waals surface area contributed by atoms with E-state index in [0.29, 0.717) is 36.0 Å². The highest BCUT2D eigenvalue weighted by atomic mass is 35.5. The van der Waals surface area contributed by atoms with E-state index in [-0.39, 0.29) is 0 Å². The Labute approximate surface area is 111 Å². The van der Waals surface area contributed by atoms with Crippen molar-refractivity contribution in [1.82, 2.24) is 10.1 Å². The molecule has 0 radical (unpaired) electrons. The van der Waals surface area contributed by atoms with Crippen LogP contribution in [0, 0.1) is 0 Å². The smallest absolute Gasteiger partial charge is 0.229 e. The van der Waals surface area contributed by atoms with E-state index in [0.717, 1.165) is 5.56 Å². The molecule has 2 aromatic rings. The average molecular weight is 267 g/mol. The second-order valence-corrected chi connectivity index (χ2v) is 4.61. The van der Waals surface area contributed by atoms with Gasteiger partial charge in [-0.1, -0.05) is 35.8 Å². The van der Waals surface area contributed by atoms with Gasteiger partial charge in [0, 0.05) is 11.4 Å². The molecule has 0 spiro atoms. The van der Waals surface area contributed by atoms with Crippen LogP contribution in [0.4, 0.5) is 0 Å². The lowest BCUT2D eigenvalue weighted by atomic mass is 10.1. The minimum atomic E-state index is -0.426. The van der Waals surface area contributed by atoms with Gasteiger partial charge in [0.05, 0.1) is 12.5 Å². The van der Waals surface area contributed by atoms with Crippen molar-refractivity contribution in [3.8, 4) is 0 Å². The van der Waals surface area contributed by atoms with E-state index < -0.39 is 6.10 Å². The number of hydrogen-bond acceptors (Lipinski definition) is 4. The monoisotopic (exact) mass is 266 g/mol. The van der Waals surface area contributed by atoms with Crippen LogP contribution in [0.15, 0.2) is 28.8 Å². The Balaban J connectivity index is 2.02. The molecule has 1 aromatic heterocycles. The molecule has 1 atom stereocenters. The summed E-state index contributed by atoms with van der Waals surface area (Å²) in [6.45, 7) is 1.91. The first-order chi connectivity index (χ1) is 8.67. The standard InChI is InChI=1S/C13H15ClN2O2/c1-2-11(17)8-13-15-12(16-18-13)7-9-4-3-5-10(14)6-9/h3-6,11,17H,2,7-8H2,1H3. The van der Waals surface area contributed by atoms with Crippen LogP contribution >= 0.6 is 11.6 Å². The van der Waals surface area contributed by atoms with E-state index in [1.807, 2.05) is 31.2 Å². The lowest BCUT2D eigenvalue weighted by Crippen LogP contribution is -2.08. The van der Waals surface area contributed by atoms with Gasteiger partial charge in [0.1, 0.15) is 0 Å². The first kappa shape index (κ1) is 13.1. The van der Waals surface area contributed by atoms with Crippen LogP contribution in [-0.4, -0.2) is 21.4 Å². The Morgan fingerprint density at radius 1 is 1.44 bits per heavy atom. The molecule has 1 unspecified atom stereocenters. The normalized spacial score (nSPS) is 12.6. The number of benzene rings is 1. The summed E-state index contributed by atoms with van der Waals surface area (Å²) in [6, 6.07) is 7.55. The molecule has 5 heteroatoms. The maximum absolute atomic E-state index is 9.50. The van der Waals surface area contributed by atoms with Crippen LogP contribution in [0.2, 0.25) is 5.02 Å². The van der Waals surface area contributed by atoms with Gasteiger partial charge in [0.15, 0.2) is 5.82 Å². The van der Waals surface area contributed by atoms with Gasteiger partial charge in [0.2, 0.25) is 5.89 Å². The van der Waals surface area contributed by atoms with Crippen LogP contribution in [-0.2, 0) is 12.8 Å². The fraction of sp³-hybridized carbons (Fsp3) is 0.385. The van der Waals surface area contributed by atoms with Crippen molar-refractivity contribution in [3.63, 3.8) is 0 Å². The summed E-state index contributed by atoms with van der Waals surface area (Å²) in [6.07, 6.45) is 1.22. The Kier molecular flexibility index (Phi) is 4.33. The van der Waals surface area contributed by atoms with Gasteiger partial charge >= 0.3 is 0 Å².